The van der Waals surface area contributed by atoms with E-state index < -0.39 is 11.7 Å². The van der Waals surface area contributed by atoms with Gasteiger partial charge >= 0.3 is 6.18 Å². The number of aryl methyl sites for hydroxylation is 1. The van der Waals surface area contributed by atoms with Crippen LogP contribution in [0.5, 0.6) is 0 Å². The van der Waals surface area contributed by atoms with Crippen molar-refractivity contribution < 1.29 is 13.2 Å². The Kier molecular flexibility index (Phi) is 3.84. The van der Waals surface area contributed by atoms with Gasteiger partial charge in [-0.25, -0.2) is 0 Å². The van der Waals surface area contributed by atoms with Crippen LogP contribution in [0, 0.1) is 10.5 Å². The summed E-state index contributed by atoms with van der Waals surface area (Å²) in [6, 6.07) is 12.9. The van der Waals surface area contributed by atoms with E-state index in [1.165, 1.54) is 12.1 Å². The molecular weight excluding hydrogens is 402 g/mol. The first-order chi connectivity index (χ1) is 10.4. The van der Waals surface area contributed by atoms with E-state index in [-0.39, 0.29) is 0 Å². The van der Waals surface area contributed by atoms with Crippen molar-refractivity contribution in [2.75, 3.05) is 0 Å². The molecule has 0 fully saturated rings. The molecule has 22 heavy (non-hydrogen) atoms. The van der Waals surface area contributed by atoms with Crippen molar-refractivity contribution >= 4 is 33.5 Å². The number of rotatable bonds is 1. The van der Waals surface area contributed by atoms with Crippen LogP contribution in [0.4, 0.5) is 13.2 Å². The molecule has 0 atom stereocenters. The molecule has 0 aliphatic carbocycles. The standard InChI is InChI=1S/C17H11F3IN/c1-10-16(21)15(13-4-2-3-5-14(13)22-10)11-6-8-12(9-7-11)17(18,19)20/h2-9H,1H3. The summed E-state index contributed by atoms with van der Waals surface area (Å²) >= 11 is 2.20. The minimum absolute atomic E-state index is 0.638. The maximum absolute atomic E-state index is 12.7. The summed E-state index contributed by atoms with van der Waals surface area (Å²) in [4.78, 5) is 4.53. The second kappa shape index (κ2) is 5.53. The van der Waals surface area contributed by atoms with E-state index in [4.69, 9.17) is 0 Å². The average molecular weight is 413 g/mol. The average Bonchev–Trinajstić information content (AvgIpc) is 2.48. The molecular formula is C17H11F3IN. The third-order valence-electron chi connectivity index (χ3n) is 3.50. The van der Waals surface area contributed by atoms with Crippen LogP contribution in [-0.2, 0) is 6.18 Å². The lowest BCUT2D eigenvalue weighted by molar-refractivity contribution is -0.137. The fourth-order valence-electron chi connectivity index (χ4n) is 2.42. The highest BCUT2D eigenvalue weighted by atomic mass is 127. The van der Waals surface area contributed by atoms with Crippen LogP contribution in [0.2, 0.25) is 0 Å². The highest BCUT2D eigenvalue weighted by Gasteiger charge is 2.30. The largest absolute Gasteiger partial charge is 0.416 e. The topological polar surface area (TPSA) is 12.9 Å². The maximum atomic E-state index is 12.7. The number of hydrogen-bond acceptors (Lipinski definition) is 1. The lowest BCUT2D eigenvalue weighted by Crippen LogP contribution is -2.04. The second-order valence-corrected chi connectivity index (χ2v) is 6.06. The minimum Gasteiger partial charge on any atom is -0.252 e. The Morgan fingerprint density at radius 3 is 2.23 bits per heavy atom. The Morgan fingerprint density at radius 1 is 0.955 bits per heavy atom. The number of hydrogen-bond donors (Lipinski definition) is 0. The Hall–Kier alpha value is -1.63. The van der Waals surface area contributed by atoms with Crippen molar-refractivity contribution in [2.45, 2.75) is 13.1 Å². The molecule has 112 valence electrons. The number of para-hydroxylation sites is 1. The molecule has 0 saturated carbocycles. The molecule has 0 saturated heterocycles. The van der Waals surface area contributed by atoms with Crippen LogP contribution < -0.4 is 0 Å². The molecule has 0 amide bonds. The lowest BCUT2D eigenvalue weighted by Gasteiger charge is -2.13. The van der Waals surface area contributed by atoms with Gasteiger partial charge in [0.05, 0.1) is 16.8 Å². The first-order valence-corrected chi connectivity index (χ1v) is 7.68. The molecule has 3 aromatic rings. The van der Waals surface area contributed by atoms with Gasteiger partial charge in [-0.1, -0.05) is 30.3 Å². The van der Waals surface area contributed by atoms with Gasteiger partial charge in [-0.15, -0.1) is 0 Å². The predicted molar refractivity (Wildman–Crippen MR) is 89.6 cm³/mol. The zero-order chi connectivity index (χ0) is 15.9. The van der Waals surface area contributed by atoms with Gasteiger partial charge in [0.2, 0.25) is 0 Å². The number of alkyl halides is 3. The highest BCUT2D eigenvalue weighted by molar-refractivity contribution is 14.1. The van der Waals surface area contributed by atoms with Gasteiger partial charge in [0.1, 0.15) is 0 Å². The van der Waals surface area contributed by atoms with Crippen LogP contribution in [0.15, 0.2) is 48.5 Å². The van der Waals surface area contributed by atoms with Crippen LogP contribution in [0.3, 0.4) is 0 Å². The van der Waals surface area contributed by atoms with Crippen molar-refractivity contribution in [1.29, 1.82) is 0 Å². The molecule has 0 N–H and O–H groups in total. The Bertz CT molecular complexity index is 839. The Labute approximate surface area is 139 Å². The fraction of sp³-hybridized carbons (Fsp3) is 0.118. The first kappa shape index (κ1) is 15.3. The van der Waals surface area contributed by atoms with Crippen molar-refractivity contribution in [3.63, 3.8) is 0 Å². The number of halogens is 4. The third kappa shape index (κ3) is 2.69. The second-order valence-electron chi connectivity index (χ2n) is 4.98. The molecule has 5 heteroatoms. The Balaban J connectivity index is 2.24. The van der Waals surface area contributed by atoms with E-state index in [1.807, 2.05) is 31.2 Å². The van der Waals surface area contributed by atoms with Crippen molar-refractivity contribution in [2.24, 2.45) is 0 Å². The third-order valence-corrected chi connectivity index (χ3v) is 4.82. The van der Waals surface area contributed by atoms with Gasteiger partial charge in [-0.05, 0) is 53.3 Å². The summed E-state index contributed by atoms with van der Waals surface area (Å²) < 4.78 is 39.1. The molecule has 0 aliphatic heterocycles. The molecule has 1 nitrogen and oxygen atoms in total. The minimum atomic E-state index is -4.32. The number of aromatic nitrogens is 1. The molecule has 0 spiro atoms. The smallest absolute Gasteiger partial charge is 0.252 e. The maximum Gasteiger partial charge on any atom is 0.416 e. The molecule has 1 heterocycles. The molecule has 2 aromatic carbocycles. The van der Waals surface area contributed by atoms with E-state index in [0.29, 0.717) is 0 Å². The Morgan fingerprint density at radius 2 is 1.59 bits per heavy atom. The number of benzene rings is 2. The van der Waals surface area contributed by atoms with Crippen molar-refractivity contribution in [3.05, 3.63) is 63.4 Å². The summed E-state index contributed by atoms with van der Waals surface area (Å²) in [6.07, 6.45) is -4.32. The summed E-state index contributed by atoms with van der Waals surface area (Å²) in [7, 11) is 0. The molecule has 1 aromatic heterocycles. The van der Waals surface area contributed by atoms with Gasteiger partial charge < -0.3 is 0 Å². The highest BCUT2D eigenvalue weighted by Crippen LogP contribution is 2.36. The predicted octanol–water partition coefficient (Wildman–Crippen LogP) is 5.83. The monoisotopic (exact) mass is 413 g/mol. The van der Waals surface area contributed by atoms with Gasteiger partial charge in [-0.2, -0.15) is 13.2 Å². The van der Waals surface area contributed by atoms with E-state index >= 15 is 0 Å². The molecule has 3 rings (SSSR count). The van der Waals surface area contributed by atoms with Crippen LogP contribution >= 0.6 is 22.6 Å². The lowest BCUT2D eigenvalue weighted by atomic mass is 9.99. The summed E-state index contributed by atoms with van der Waals surface area (Å²) in [5.41, 5.74) is 2.77. The summed E-state index contributed by atoms with van der Waals surface area (Å²) in [5, 5.41) is 0.942. The van der Waals surface area contributed by atoms with Crippen LogP contribution in [-0.4, -0.2) is 4.98 Å². The zero-order valence-electron chi connectivity index (χ0n) is 11.6. The van der Waals surface area contributed by atoms with Gasteiger partial charge in [0.25, 0.3) is 0 Å². The zero-order valence-corrected chi connectivity index (χ0v) is 13.7. The molecule has 0 radical (unpaired) electrons. The van der Waals surface area contributed by atoms with Gasteiger partial charge in [0, 0.05) is 14.5 Å². The number of fused-ring (bicyclic) bond motifs is 1. The quantitative estimate of drug-likeness (QED) is 0.458. The summed E-state index contributed by atoms with van der Waals surface area (Å²) in [5.74, 6) is 0. The van der Waals surface area contributed by atoms with Gasteiger partial charge in [-0.3, -0.25) is 4.98 Å². The molecule has 0 unspecified atom stereocenters. The fourth-order valence-corrected chi connectivity index (χ4v) is 3.14. The van der Waals surface area contributed by atoms with Crippen molar-refractivity contribution in [3.8, 4) is 11.1 Å². The van der Waals surface area contributed by atoms with E-state index in [9.17, 15) is 13.2 Å². The van der Waals surface area contributed by atoms with E-state index in [1.54, 1.807) is 0 Å². The van der Waals surface area contributed by atoms with Crippen LogP contribution in [0.25, 0.3) is 22.0 Å². The number of pyridine rings is 1. The first-order valence-electron chi connectivity index (χ1n) is 6.60. The molecule has 0 bridgehead atoms. The van der Waals surface area contributed by atoms with Crippen molar-refractivity contribution in [1.82, 2.24) is 4.98 Å². The van der Waals surface area contributed by atoms with E-state index in [0.717, 1.165) is 43.4 Å². The summed E-state index contributed by atoms with van der Waals surface area (Å²) in [6.45, 7) is 1.90. The normalized spacial score (nSPS) is 11.9. The van der Waals surface area contributed by atoms with E-state index in [2.05, 4.69) is 27.6 Å². The SMILES string of the molecule is Cc1nc2ccccc2c(-c2ccc(C(F)(F)F)cc2)c1I. The van der Waals surface area contributed by atoms with Crippen LogP contribution in [0.1, 0.15) is 11.3 Å². The number of nitrogens with zero attached hydrogens (tertiary/aromatic N) is 1. The molecule has 0 aliphatic rings. The van der Waals surface area contributed by atoms with Gasteiger partial charge in [0.15, 0.2) is 0 Å².